The van der Waals surface area contributed by atoms with Crippen LogP contribution in [0.1, 0.15) is 11.3 Å². The van der Waals surface area contributed by atoms with Gasteiger partial charge in [0.15, 0.2) is 5.13 Å². The second kappa shape index (κ2) is 10.1. The van der Waals surface area contributed by atoms with Crippen molar-refractivity contribution in [3.05, 3.63) is 71.2 Å². The summed E-state index contributed by atoms with van der Waals surface area (Å²) in [6.07, 6.45) is -4.31. The van der Waals surface area contributed by atoms with Crippen molar-refractivity contribution in [3.63, 3.8) is 0 Å². The van der Waals surface area contributed by atoms with Crippen molar-refractivity contribution in [2.45, 2.75) is 12.6 Å². The number of anilines is 3. The van der Waals surface area contributed by atoms with E-state index in [2.05, 4.69) is 15.6 Å². The predicted molar refractivity (Wildman–Crippen MR) is 125 cm³/mol. The minimum Gasteiger partial charge on any atom is -0.368 e. The molecule has 3 amide bonds. The van der Waals surface area contributed by atoms with Crippen LogP contribution in [-0.2, 0) is 17.4 Å². The fourth-order valence-corrected chi connectivity index (χ4v) is 4.29. The first kappa shape index (κ1) is 23.6. The van der Waals surface area contributed by atoms with Crippen LogP contribution in [0.3, 0.4) is 0 Å². The van der Waals surface area contributed by atoms with Gasteiger partial charge in [0.1, 0.15) is 0 Å². The fourth-order valence-electron chi connectivity index (χ4n) is 3.59. The number of thiazole rings is 1. The zero-order valence-electron chi connectivity index (χ0n) is 18.0. The van der Waals surface area contributed by atoms with Gasteiger partial charge in [0.2, 0.25) is 5.91 Å². The highest BCUT2D eigenvalue weighted by Crippen LogP contribution is 2.32. The molecule has 3 aromatic rings. The third kappa shape index (κ3) is 6.04. The maximum atomic E-state index is 13.0. The van der Waals surface area contributed by atoms with Crippen LogP contribution in [0.5, 0.6) is 0 Å². The van der Waals surface area contributed by atoms with Crippen LogP contribution in [0.15, 0.2) is 60.0 Å². The quantitative estimate of drug-likeness (QED) is 0.545. The van der Waals surface area contributed by atoms with E-state index in [9.17, 15) is 22.8 Å². The minimum absolute atomic E-state index is 0.0854. The number of halogens is 3. The summed E-state index contributed by atoms with van der Waals surface area (Å²) in [7, 11) is 0. The van der Waals surface area contributed by atoms with Crippen LogP contribution < -0.4 is 15.5 Å². The molecule has 178 valence electrons. The first-order chi connectivity index (χ1) is 16.3. The van der Waals surface area contributed by atoms with Crippen LogP contribution in [0, 0.1) is 0 Å². The number of urea groups is 1. The third-order valence-electron chi connectivity index (χ3n) is 5.31. The van der Waals surface area contributed by atoms with E-state index >= 15 is 0 Å². The molecule has 1 aliphatic rings. The van der Waals surface area contributed by atoms with Crippen LogP contribution in [-0.4, -0.2) is 48.0 Å². The zero-order valence-corrected chi connectivity index (χ0v) is 18.8. The van der Waals surface area contributed by atoms with Crippen molar-refractivity contribution < 1.29 is 22.8 Å². The number of para-hydroxylation sites is 1. The van der Waals surface area contributed by atoms with Gasteiger partial charge in [0.25, 0.3) is 0 Å². The second-order valence-electron chi connectivity index (χ2n) is 7.68. The number of hydrogen-bond acceptors (Lipinski definition) is 5. The van der Waals surface area contributed by atoms with E-state index in [4.69, 9.17) is 0 Å². The predicted octanol–water partition coefficient (Wildman–Crippen LogP) is 4.70. The first-order valence-corrected chi connectivity index (χ1v) is 11.4. The monoisotopic (exact) mass is 489 g/mol. The van der Waals surface area contributed by atoms with Crippen LogP contribution >= 0.6 is 11.3 Å². The lowest BCUT2D eigenvalue weighted by Crippen LogP contribution is -2.49. The van der Waals surface area contributed by atoms with Gasteiger partial charge in [-0.2, -0.15) is 13.2 Å². The molecule has 0 saturated carbocycles. The molecule has 2 heterocycles. The van der Waals surface area contributed by atoms with E-state index in [0.717, 1.165) is 12.1 Å². The molecule has 34 heavy (non-hydrogen) atoms. The van der Waals surface area contributed by atoms with Gasteiger partial charge in [0, 0.05) is 42.9 Å². The molecule has 0 spiro atoms. The largest absolute Gasteiger partial charge is 0.416 e. The van der Waals surface area contributed by atoms with Crippen molar-refractivity contribution in [1.29, 1.82) is 0 Å². The molecule has 0 unspecified atom stereocenters. The van der Waals surface area contributed by atoms with Crippen LogP contribution in [0.4, 0.5) is 34.5 Å². The van der Waals surface area contributed by atoms with Gasteiger partial charge < -0.3 is 15.1 Å². The number of hydrogen-bond donors (Lipinski definition) is 2. The van der Waals surface area contributed by atoms with E-state index in [-0.39, 0.29) is 12.3 Å². The average Bonchev–Trinajstić information content (AvgIpc) is 3.25. The van der Waals surface area contributed by atoms with Gasteiger partial charge in [-0.3, -0.25) is 10.1 Å². The molecular weight excluding hydrogens is 467 g/mol. The summed E-state index contributed by atoms with van der Waals surface area (Å²) >= 11 is 1.22. The number of aromatic nitrogens is 1. The number of carbonyl (C=O) groups excluding carboxylic acids is 2. The maximum Gasteiger partial charge on any atom is 0.416 e. The number of nitrogens with zero attached hydrogens (tertiary/aromatic N) is 3. The second-order valence-corrected chi connectivity index (χ2v) is 8.54. The van der Waals surface area contributed by atoms with Crippen molar-refractivity contribution in [1.82, 2.24) is 9.88 Å². The molecule has 1 fully saturated rings. The summed E-state index contributed by atoms with van der Waals surface area (Å²) in [6, 6.07) is 13.8. The maximum absolute atomic E-state index is 13.0. The van der Waals surface area contributed by atoms with Crippen molar-refractivity contribution >= 4 is 39.8 Å². The van der Waals surface area contributed by atoms with Gasteiger partial charge in [0.05, 0.1) is 17.7 Å². The summed E-state index contributed by atoms with van der Waals surface area (Å²) in [4.78, 5) is 32.6. The average molecular weight is 490 g/mol. The minimum atomic E-state index is -4.39. The van der Waals surface area contributed by atoms with Gasteiger partial charge in [-0.1, -0.05) is 24.3 Å². The number of alkyl halides is 3. The summed E-state index contributed by atoms with van der Waals surface area (Å²) in [6.45, 7) is 1.70. The number of carbonyl (C=O) groups is 2. The number of benzene rings is 2. The summed E-state index contributed by atoms with van der Waals surface area (Å²) in [5.74, 6) is -0.116. The highest BCUT2D eigenvalue weighted by atomic mass is 32.1. The van der Waals surface area contributed by atoms with E-state index in [1.807, 2.05) is 23.1 Å². The molecular formula is C23H22F3N5O2S. The molecule has 0 radical (unpaired) electrons. The molecule has 0 atom stereocenters. The highest BCUT2D eigenvalue weighted by Gasteiger charge is 2.31. The van der Waals surface area contributed by atoms with E-state index < -0.39 is 17.8 Å². The molecule has 11 heteroatoms. The molecule has 2 aromatic carbocycles. The molecule has 1 aliphatic heterocycles. The fraction of sp³-hybridized carbons (Fsp3) is 0.261. The normalized spacial score (nSPS) is 14.1. The Labute approximate surface area is 198 Å². The summed E-state index contributed by atoms with van der Waals surface area (Å²) in [5, 5.41) is 7.44. The lowest BCUT2D eigenvalue weighted by Gasteiger charge is -2.36. The Kier molecular flexibility index (Phi) is 7.01. The molecule has 4 rings (SSSR count). The topological polar surface area (TPSA) is 77.6 Å². The lowest BCUT2D eigenvalue weighted by atomic mass is 10.1. The third-order valence-corrected chi connectivity index (χ3v) is 6.11. The summed E-state index contributed by atoms with van der Waals surface area (Å²) < 4.78 is 38.9. The zero-order chi connectivity index (χ0) is 24.1. The van der Waals surface area contributed by atoms with Crippen molar-refractivity contribution in [3.8, 4) is 0 Å². The van der Waals surface area contributed by atoms with E-state index in [1.54, 1.807) is 28.5 Å². The van der Waals surface area contributed by atoms with Gasteiger partial charge >= 0.3 is 12.2 Å². The van der Waals surface area contributed by atoms with E-state index in [0.29, 0.717) is 48.4 Å². The molecule has 1 saturated heterocycles. The Balaban J connectivity index is 1.27. The number of nitrogens with one attached hydrogen (secondary N) is 2. The summed E-state index contributed by atoms with van der Waals surface area (Å²) in [5.41, 5.74) is 1.00. The molecule has 0 bridgehead atoms. The van der Waals surface area contributed by atoms with Crippen LogP contribution in [0.2, 0.25) is 0 Å². The number of amides is 3. The highest BCUT2D eigenvalue weighted by molar-refractivity contribution is 7.14. The van der Waals surface area contributed by atoms with Crippen molar-refractivity contribution in [2.24, 2.45) is 0 Å². The number of rotatable bonds is 5. The Morgan fingerprint density at radius 2 is 1.71 bits per heavy atom. The van der Waals surface area contributed by atoms with Gasteiger partial charge in [-0.25, -0.2) is 9.78 Å². The Morgan fingerprint density at radius 1 is 0.971 bits per heavy atom. The molecule has 7 nitrogen and oxygen atoms in total. The SMILES string of the molecule is O=C(Nc1ccccc1)Nc1nc(CC(=O)N2CCN(c3cccc(C(F)(F)F)c3)CC2)cs1. The first-order valence-electron chi connectivity index (χ1n) is 10.6. The smallest absolute Gasteiger partial charge is 0.368 e. The van der Waals surface area contributed by atoms with Crippen molar-refractivity contribution in [2.75, 3.05) is 41.7 Å². The van der Waals surface area contributed by atoms with Crippen LogP contribution in [0.25, 0.3) is 0 Å². The molecule has 2 N–H and O–H groups in total. The lowest BCUT2D eigenvalue weighted by molar-refractivity contribution is -0.137. The Hall–Kier alpha value is -3.60. The van der Waals surface area contributed by atoms with Gasteiger partial charge in [-0.05, 0) is 30.3 Å². The standard InChI is InChI=1S/C23H22F3N5O2S/c24-23(25,26)16-5-4-8-19(13-16)30-9-11-31(12-10-30)20(32)14-18-15-34-22(28-18)29-21(33)27-17-6-2-1-3-7-17/h1-8,13,15H,9-12,14H2,(H2,27,28,29,33). The van der Waals surface area contributed by atoms with E-state index in [1.165, 1.54) is 17.4 Å². The van der Waals surface area contributed by atoms with Gasteiger partial charge in [-0.15, -0.1) is 11.3 Å². The Morgan fingerprint density at radius 3 is 2.41 bits per heavy atom. The number of piperazine rings is 1. The molecule has 1 aromatic heterocycles. The molecule has 0 aliphatic carbocycles. The Bertz CT molecular complexity index is 1140.